The van der Waals surface area contributed by atoms with Crippen LogP contribution in [-0.2, 0) is 14.8 Å². The van der Waals surface area contributed by atoms with Gasteiger partial charge in [-0.05, 0) is 18.9 Å². The average Bonchev–Trinajstić information content (AvgIpc) is 2.88. The number of sulfonamides is 1. The number of carbonyl (C=O) groups excluding carboxylic acids is 1. The van der Waals surface area contributed by atoms with Gasteiger partial charge in [-0.25, -0.2) is 27.3 Å². The maximum atomic E-state index is 13.2. The van der Waals surface area contributed by atoms with E-state index < -0.39 is 32.8 Å². The first-order valence-electron chi connectivity index (χ1n) is 6.34. The van der Waals surface area contributed by atoms with E-state index in [0.29, 0.717) is 12.8 Å². The van der Waals surface area contributed by atoms with Crippen LogP contribution < -0.4 is 10.5 Å². The highest BCUT2D eigenvalue weighted by atomic mass is 32.2. The number of anilines is 1. The number of hydrogen-bond acceptors (Lipinski definition) is 4. The van der Waals surface area contributed by atoms with Crippen LogP contribution in [0.5, 0.6) is 0 Å². The van der Waals surface area contributed by atoms with E-state index in [4.69, 9.17) is 5.14 Å². The number of primary sulfonamides is 1. The van der Waals surface area contributed by atoms with Crippen molar-refractivity contribution in [2.45, 2.75) is 37.1 Å². The smallest absolute Gasteiger partial charge is 0.255 e. The van der Waals surface area contributed by atoms with Crippen molar-refractivity contribution in [1.82, 2.24) is 4.98 Å². The first-order chi connectivity index (χ1) is 9.75. The number of rotatable bonds is 4. The lowest BCUT2D eigenvalue weighted by molar-refractivity contribution is -0.134. The maximum Gasteiger partial charge on any atom is 0.255 e. The predicted molar refractivity (Wildman–Crippen MR) is 71.1 cm³/mol. The molecule has 1 heterocycles. The molecule has 0 radical (unpaired) electrons. The summed E-state index contributed by atoms with van der Waals surface area (Å²) in [5, 5.41) is 6.84. The molecule has 0 saturated heterocycles. The zero-order valence-electron chi connectivity index (χ0n) is 11.1. The van der Waals surface area contributed by atoms with Crippen LogP contribution in [0.3, 0.4) is 0 Å². The van der Waals surface area contributed by atoms with Crippen molar-refractivity contribution in [3.63, 3.8) is 0 Å². The zero-order chi connectivity index (χ0) is 15.7. The van der Waals surface area contributed by atoms with Gasteiger partial charge in [-0.15, -0.1) is 0 Å². The third-order valence-corrected chi connectivity index (χ3v) is 4.46. The summed E-state index contributed by atoms with van der Waals surface area (Å²) in [6, 6.07) is 2.36. The van der Waals surface area contributed by atoms with E-state index >= 15 is 0 Å². The number of carbonyl (C=O) groups is 1. The van der Waals surface area contributed by atoms with Crippen molar-refractivity contribution in [2.75, 3.05) is 5.32 Å². The molecule has 0 unspecified atom stereocenters. The number of aromatic nitrogens is 1. The second kappa shape index (κ2) is 5.64. The summed E-state index contributed by atoms with van der Waals surface area (Å²) in [5.74, 6) is -0.804. The molecular formula is C12H15F2N3O3S. The fraction of sp³-hybridized carbons (Fsp3) is 0.500. The van der Waals surface area contributed by atoms with Gasteiger partial charge in [0.15, 0.2) is 5.03 Å². The average molecular weight is 319 g/mol. The molecular weight excluding hydrogens is 304 g/mol. The second-order valence-corrected chi connectivity index (χ2v) is 6.55. The van der Waals surface area contributed by atoms with Crippen LogP contribution in [0.4, 0.5) is 14.5 Å². The van der Waals surface area contributed by atoms with Gasteiger partial charge in [0.1, 0.15) is 5.41 Å². The molecule has 0 spiro atoms. The Morgan fingerprint density at radius 3 is 2.52 bits per heavy atom. The molecule has 1 fully saturated rings. The summed E-state index contributed by atoms with van der Waals surface area (Å²) in [4.78, 5) is 15.7. The lowest BCUT2D eigenvalue weighted by atomic mass is 9.85. The summed E-state index contributed by atoms with van der Waals surface area (Å²) >= 11 is 0. The summed E-state index contributed by atoms with van der Waals surface area (Å²) in [7, 11) is -4.02. The highest BCUT2D eigenvalue weighted by Crippen LogP contribution is 2.44. The standard InChI is InChI=1S/C12H15F2N3O3S/c13-10(14)12(4-1-2-5-12)11(18)17-8-3-6-16-9(7-8)21(15,19)20/h3,6-7,10H,1-2,4-5H2,(H2,15,19,20)(H,16,17,18). The highest BCUT2D eigenvalue weighted by Gasteiger charge is 2.49. The molecule has 0 aliphatic heterocycles. The minimum absolute atomic E-state index is 0.0750. The topological polar surface area (TPSA) is 102 Å². The molecule has 3 N–H and O–H groups in total. The molecule has 6 nitrogen and oxygen atoms in total. The molecule has 1 aliphatic carbocycles. The predicted octanol–water partition coefficient (Wildman–Crippen LogP) is 1.49. The normalized spacial score (nSPS) is 17.9. The van der Waals surface area contributed by atoms with Crippen LogP contribution in [0.1, 0.15) is 25.7 Å². The Labute approximate surface area is 120 Å². The molecule has 116 valence electrons. The van der Waals surface area contributed by atoms with Gasteiger partial charge in [-0.1, -0.05) is 12.8 Å². The Kier molecular flexibility index (Phi) is 4.24. The van der Waals surface area contributed by atoms with Gasteiger partial charge in [0, 0.05) is 18.0 Å². The highest BCUT2D eigenvalue weighted by molar-refractivity contribution is 7.89. The van der Waals surface area contributed by atoms with Crippen molar-refractivity contribution in [3.8, 4) is 0 Å². The lowest BCUT2D eigenvalue weighted by Crippen LogP contribution is -2.40. The first kappa shape index (κ1) is 15.8. The number of hydrogen-bond donors (Lipinski definition) is 2. The molecule has 2 rings (SSSR count). The minimum Gasteiger partial charge on any atom is -0.325 e. The van der Waals surface area contributed by atoms with Gasteiger partial charge < -0.3 is 5.32 Å². The quantitative estimate of drug-likeness (QED) is 0.877. The van der Waals surface area contributed by atoms with Gasteiger partial charge in [-0.2, -0.15) is 0 Å². The fourth-order valence-corrected chi connectivity index (χ4v) is 2.95. The molecule has 0 aromatic carbocycles. The van der Waals surface area contributed by atoms with E-state index in [0.717, 1.165) is 12.3 Å². The van der Waals surface area contributed by atoms with Crippen molar-refractivity contribution < 1.29 is 22.0 Å². The largest absolute Gasteiger partial charge is 0.325 e. The van der Waals surface area contributed by atoms with E-state index in [1.54, 1.807) is 0 Å². The molecule has 1 aliphatic rings. The zero-order valence-corrected chi connectivity index (χ0v) is 11.9. The molecule has 21 heavy (non-hydrogen) atoms. The van der Waals surface area contributed by atoms with Crippen molar-refractivity contribution in [3.05, 3.63) is 18.3 Å². The number of alkyl halides is 2. The molecule has 1 amide bonds. The third kappa shape index (κ3) is 3.18. The number of halogens is 2. The van der Waals surface area contributed by atoms with Gasteiger partial charge in [-0.3, -0.25) is 4.79 Å². The van der Waals surface area contributed by atoms with Crippen LogP contribution in [0.15, 0.2) is 23.4 Å². The molecule has 9 heteroatoms. The minimum atomic E-state index is -4.02. The van der Waals surface area contributed by atoms with E-state index in [1.807, 2.05) is 0 Å². The van der Waals surface area contributed by atoms with Gasteiger partial charge in [0.2, 0.25) is 5.91 Å². The van der Waals surface area contributed by atoms with Crippen LogP contribution in [0.2, 0.25) is 0 Å². The number of pyridine rings is 1. The molecule has 0 bridgehead atoms. The summed E-state index contributed by atoms with van der Waals surface area (Å²) in [6.07, 6.45) is -0.265. The number of amides is 1. The Morgan fingerprint density at radius 2 is 2.00 bits per heavy atom. The van der Waals surface area contributed by atoms with Gasteiger partial charge in [0.05, 0.1) is 0 Å². The third-order valence-electron chi connectivity index (χ3n) is 3.65. The van der Waals surface area contributed by atoms with E-state index in [9.17, 15) is 22.0 Å². The maximum absolute atomic E-state index is 13.2. The lowest BCUT2D eigenvalue weighted by Gasteiger charge is -2.26. The second-order valence-electron chi connectivity index (χ2n) is 5.05. The Bertz CT molecular complexity index is 643. The van der Waals surface area contributed by atoms with Crippen LogP contribution in [0.25, 0.3) is 0 Å². The summed E-state index contributed by atoms with van der Waals surface area (Å²) in [6.45, 7) is 0. The Morgan fingerprint density at radius 1 is 1.38 bits per heavy atom. The van der Waals surface area contributed by atoms with Crippen molar-refractivity contribution >= 4 is 21.6 Å². The Balaban J connectivity index is 2.24. The van der Waals surface area contributed by atoms with Crippen LogP contribution >= 0.6 is 0 Å². The number of nitrogens with zero attached hydrogens (tertiary/aromatic N) is 1. The van der Waals surface area contributed by atoms with Crippen LogP contribution in [-0.4, -0.2) is 25.7 Å². The molecule has 1 aromatic rings. The first-order valence-corrected chi connectivity index (χ1v) is 7.89. The van der Waals surface area contributed by atoms with Gasteiger partial charge >= 0.3 is 0 Å². The SMILES string of the molecule is NS(=O)(=O)c1cc(NC(=O)C2(C(F)F)CCCC2)ccn1. The molecule has 1 aromatic heterocycles. The van der Waals surface area contributed by atoms with E-state index in [2.05, 4.69) is 10.3 Å². The molecule has 0 atom stereocenters. The van der Waals surface area contributed by atoms with E-state index in [1.165, 1.54) is 6.07 Å². The van der Waals surface area contributed by atoms with E-state index in [-0.39, 0.29) is 18.5 Å². The summed E-state index contributed by atoms with van der Waals surface area (Å²) in [5.41, 5.74) is -1.63. The monoisotopic (exact) mass is 319 g/mol. The van der Waals surface area contributed by atoms with Crippen molar-refractivity contribution in [1.29, 1.82) is 0 Å². The number of nitrogens with one attached hydrogen (secondary N) is 1. The van der Waals surface area contributed by atoms with Crippen molar-refractivity contribution in [2.24, 2.45) is 10.6 Å². The van der Waals surface area contributed by atoms with Crippen LogP contribution in [0, 0.1) is 5.41 Å². The Hall–Kier alpha value is -1.61. The van der Waals surface area contributed by atoms with Gasteiger partial charge in [0.25, 0.3) is 16.4 Å². The fourth-order valence-electron chi connectivity index (χ4n) is 2.45. The summed E-state index contributed by atoms with van der Waals surface area (Å²) < 4.78 is 48.8. The number of nitrogens with two attached hydrogens (primary N) is 1. The molecule has 1 saturated carbocycles.